The number of carbonyl (C=O) groups excluding carboxylic acids is 2. The van der Waals surface area contributed by atoms with E-state index in [0.717, 1.165) is 37.1 Å². The minimum atomic E-state index is -0.163. The van der Waals surface area contributed by atoms with Crippen LogP contribution >= 0.6 is 23.2 Å². The molecule has 5 nitrogen and oxygen atoms in total. The molecule has 1 atom stereocenters. The van der Waals surface area contributed by atoms with Crippen LogP contribution in [0.2, 0.25) is 10.0 Å². The molecule has 4 rings (SSSR count). The Morgan fingerprint density at radius 1 is 0.949 bits per heavy atom. The highest BCUT2D eigenvalue weighted by molar-refractivity contribution is 6.42. The van der Waals surface area contributed by atoms with Gasteiger partial charge in [0, 0.05) is 43.6 Å². The number of halogens is 2. The number of ketones is 1. The van der Waals surface area contributed by atoms with Crippen molar-refractivity contribution in [1.82, 2.24) is 15.1 Å². The highest BCUT2D eigenvalue weighted by Crippen LogP contribution is 2.40. The van der Waals surface area contributed by atoms with Crippen molar-refractivity contribution in [1.29, 1.82) is 0 Å². The van der Waals surface area contributed by atoms with Crippen molar-refractivity contribution in [3.8, 4) is 0 Å². The Morgan fingerprint density at radius 3 is 2.21 bits per heavy atom. The van der Waals surface area contributed by atoms with Crippen LogP contribution in [-0.2, 0) is 5.41 Å². The van der Waals surface area contributed by atoms with Crippen LogP contribution in [0.4, 0.5) is 4.79 Å². The number of amides is 2. The van der Waals surface area contributed by atoms with Crippen molar-refractivity contribution in [3.05, 3.63) is 106 Å². The topological polar surface area (TPSA) is 52.7 Å². The van der Waals surface area contributed by atoms with Gasteiger partial charge in [0.2, 0.25) is 0 Å². The van der Waals surface area contributed by atoms with Crippen LogP contribution in [0.25, 0.3) is 0 Å². The number of nitrogens with one attached hydrogen (secondary N) is 1. The molecule has 1 saturated heterocycles. The fourth-order valence-electron chi connectivity index (χ4n) is 5.46. The summed E-state index contributed by atoms with van der Waals surface area (Å²) in [7, 11) is 1.81. The summed E-state index contributed by atoms with van der Waals surface area (Å²) in [5.74, 6) is 0.138. The van der Waals surface area contributed by atoms with Crippen LogP contribution in [-0.4, -0.2) is 54.8 Å². The van der Waals surface area contributed by atoms with E-state index >= 15 is 0 Å². The number of piperidine rings is 1. The summed E-state index contributed by atoms with van der Waals surface area (Å²) < 4.78 is 0. The monoisotopic (exact) mass is 565 g/mol. The zero-order valence-electron chi connectivity index (χ0n) is 22.7. The number of Topliss-reactive ketones (excluding diaryl/α,β-unsaturated/α-hetero) is 1. The van der Waals surface area contributed by atoms with Gasteiger partial charge in [-0.05, 0) is 62.5 Å². The van der Waals surface area contributed by atoms with Crippen LogP contribution in [0.5, 0.6) is 0 Å². The van der Waals surface area contributed by atoms with Gasteiger partial charge < -0.3 is 10.2 Å². The minimum Gasteiger partial charge on any atom is -0.337 e. The Morgan fingerprint density at radius 2 is 1.59 bits per heavy atom. The molecular weight excluding hydrogens is 529 g/mol. The molecule has 0 saturated carbocycles. The van der Waals surface area contributed by atoms with E-state index in [1.54, 1.807) is 4.90 Å². The Kier molecular flexibility index (Phi) is 10.1. The van der Waals surface area contributed by atoms with Crippen molar-refractivity contribution in [3.63, 3.8) is 0 Å². The number of rotatable bonds is 10. The van der Waals surface area contributed by atoms with E-state index in [0.29, 0.717) is 36.0 Å². The first-order valence-electron chi connectivity index (χ1n) is 13.6. The fourth-order valence-corrected chi connectivity index (χ4v) is 5.77. The zero-order chi connectivity index (χ0) is 27.8. The van der Waals surface area contributed by atoms with E-state index in [1.165, 1.54) is 5.56 Å². The molecule has 0 bridgehead atoms. The quantitative estimate of drug-likeness (QED) is 0.260. The van der Waals surface area contributed by atoms with Gasteiger partial charge in [0.25, 0.3) is 0 Å². The zero-order valence-corrected chi connectivity index (χ0v) is 24.2. The van der Waals surface area contributed by atoms with E-state index in [-0.39, 0.29) is 23.3 Å². The number of carbonyl (C=O) groups is 2. The molecule has 1 fully saturated rings. The highest BCUT2D eigenvalue weighted by Gasteiger charge is 2.38. The third-order valence-corrected chi connectivity index (χ3v) is 8.79. The van der Waals surface area contributed by atoms with E-state index in [4.69, 9.17) is 23.2 Å². The van der Waals surface area contributed by atoms with E-state index in [2.05, 4.69) is 34.5 Å². The maximum atomic E-state index is 13.0. The summed E-state index contributed by atoms with van der Waals surface area (Å²) in [6.45, 7) is 4.87. The lowest BCUT2D eigenvalue weighted by Gasteiger charge is -2.45. The molecule has 206 valence electrons. The molecule has 0 spiro atoms. The lowest BCUT2D eigenvalue weighted by Crippen LogP contribution is -2.51. The number of urea groups is 1. The number of benzene rings is 3. The third-order valence-electron chi connectivity index (χ3n) is 8.05. The molecule has 1 unspecified atom stereocenters. The van der Waals surface area contributed by atoms with Gasteiger partial charge in [-0.25, -0.2) is 4.79 Å². The van der Waals surface area contributed by atoms with Crippen molar-refractivity contribution in [2.45, 2.75) is 44.1 Å². The smallest absolute Gasteiger partial charge is 0.317 e. The second-order valence-electron chi connectivity index (χ2n) is 10.4. The molecule has 39 heavy (non-hydrogen) atoms. The normalized spacial score (nSPS) is 15.9. The van der Waals surface area contributed by atoms with Crippen molar-refractivity contribution in [2.75, 3.05) is 33.2 Å². The molecule has 1 aliphatic rings. The van der Waals surface area contributed by atoms with Crippen molar-refractivity contribution in [2.24, 2.45) is 0 Å². The first kappa shape index (κ1) is 29.1. The number of hydrogen-bond donors (Lipinski definition) is 1. The number of likely N-dealkylation sites (tertiary alicyclic amines) is 1. The van der Waals surface area contributed by atoms with Crippen molar-refractivity contribution >= 4 is 35.0 Å². The Balaban J connectivity index is 1.54. The molecule has 7 heteroatoms. The van der Waals surface area contributed by atoms with Gasteiger partial charge in [0.05, 0.1) is 10.0 Å². The molecule has 1 heterocycles. The van der Waals surface area contributed by atoms with E-state index < -0.39 is 0 Å². The third kappa shape index (κ3) is 7.21. The summed E-state index contributed by atoms with van der Waals surface area (Å²) in [5.41, 5.74) is 2.88. The summed E-state index contributed by atoms with van der Waals surface area (Å²) in [4.78, 5) is 29.8. The Hall–Kier alpha value is -2.86. The lowest BCUT2D eigenvalue weighted by molar-refractivity contribution is 0.0899. The van der Waals surface area contributed by atoms with Gasteiger partial charge in [-0.3, -0.25) is 9.69 Å². The average Bonchev–Trinajstić information content (AvgIpc) is 2.98. The predicted molar refractivity (Wildman–Crippen MR) is 160 cm³/mol. The lowest BCUT2D eigenvalue weighted by atomic mass is 9.72. The Bertz CT molecular complexity index is 1240. The van der Waals surface area contributed by atoms with E-state index in [9.17, 15) is 9.59 Å². The molecule has 0 aromatic heterocycles. The second kappa shape index (κ2) is 13.5. The predicted octanol–water partition coefficient (Wildman–Crippen LogP) is 7.39. The standard InChI is InChI=1S/C32H37Cl2N3O2/c1-3-36(2)31(39)35-23-32(26-12-8-5-9-13-26)18-20-37(21-19-32)29(25-14-15-27(33)28(34)22-25)16-17-30(38)24-10-6-4-7-11-24/h4-15,22,29H,3,16-21,23H2,1-2H3,(H,35,39). The van der Waals surface area contributed by atoms with Crippen LogP contribution in [0.15, 0.2) is 78.9 Å². The van der Waals surface area contributed by atoms with Gasteiger partial charge in [0.15, 0.2) is 5.78 Å². The molecule has 0 radical (unpaired) electrons. The first-order valence-corrected chi connectivity index (χ1v) is 14.4. The summed E-state index contributed by atoms with van der Waals surface area (Å²) in [5, 5.41) is 4.22. The van der Waals surface area contributed by atoms with Crippen LogP contribution in [0, 0.1) is 0 Å². The molecular formula is C32H37Cl2N3O2. The van der Waals surface area contributed by atoms with Gasteiger partial charge in [0.1, 0.15) is 0 Å². The number of nitrogens with zero attached hydrogens (tertiary/aromatic N) is 2. The largest absolute Gasteiger partial charge is 0.337 e. The van der Waals surface area contributed by atoms with Crippen LogP contribution in [0.1, 0.15) is 60.1 Å². The SMILES string of the molecule is CCN(C)C(=O)NCC1(c2ccccc2)CCN(C(CCC(=O)c2ccccc2)c2ccc(Cl)c(Cl)c2)CC1. The average molecular weight is 567 g/mol. The summed E-state index contributed by atoms with van der Waals surface area (Å²) in [6.07, 6.45) is 2.89. The molecule has 1 aliphatic heterocycles. The first-order chi connectivity index (χ1) is 18.8. The second-order valence-corrected chi connectivity index (χ2v) is 11.2. The molecule has 2 amide bonds. The molecule has 0 aliphatic carbocycles. The minimum absolute atomic E-state index is 0.0296. The summed E-state index contributed by atoms with van der Waals surface area (Å²) in [6, 6.07) is 25.7. The van der Waals surface area contributed by atoms with Gasteiger partial charge >= 0.3 is 6.03 Å². The highest BCUT2D eigenvalue weighted by atomic mass is 35.5. The van der Waals surface area contributed by atoms with Crippen LogP contribution in [0.3, 0.4) is 0 Å². The maximum Gasteiger partial charge on any atom is 0.317 e. The van der Waals surface area contributed by atoms with E-state index in [1.807, 2.05) is 68.6 Å². The van der Waals surface area contributed by atoms with Crippen molar-refractivity contribution < 1.29 is 9.59 Å². The van der Waals surface area contributed by atoms with Gasteiger partial charge in [-0.2, -0.15) is 0 Å². The summed E-state index contributed by atoms with van der Waals surface area (Å²) >= 11 is 12.7. The van der Waals surface area contributed by atoms with Gasteiger partial charge in [-0.15, -0.1) is 0 Å². The maximum absolute atomic E-state index is 13.0. The molecule has 3 aromatic carbocycles. The Labute approximate surface area is 242 Å². The molecule has 1 N–H and O–H groups in total. The fraction of sp³-hybridized carbons (Fsp3) is 0.375. The van der Waals surface area contributed by atoms with Crippen LogP contribution < -0.4 is 5.32 Å². The number of hydrogen-bond acceptors (Lipinski definition) is 3. The molecule has 3 aromatic rings. The van der Waals surface area contributed by atoms with Gasteiger partial charge in [-0.1, -0.05) is 89.9 Å².